The highest BCUT2D eigenvalue weighted by Crippen LogP contribution is 2.21. The molecule has 3 aromatic rings. The third-order valence-corrected chi connectivity index (χ3v) is 4.19. The fourth-order valence-corrected chi connectivity index (χ4v) is 2.69. The summed E-state index contributed by atoms with van der Waals surface area (Å²) in [6.45, 7) is 4.21. The van der Waals surface area contributed by atoms with Gasteiger partial charge in [0.25, 0.3) is 5.56 Å². The number of rotatable bonds is 4. The average molecular weight is 352 g/mol. The van der Waals surface area contributed by atoms with E-state index >= 15 is 0 Å². The summed E-state index contributed by atoms with van der Waals surface area (Å²) in [5.41, 5.74) is 2.38. The average Bonchev–Trinajstić information content (AvgIpc) is 2.98. The number of carbonyl (C=O) groups is 1. The Kier molecular flexibility index (Phi) is 4.57. The van der Waals surface area contributed by atoms with Crippen LogP contribution in [0, 0.1) is 5.41 Å². The molecule has 8 heteroatoms. The number of aromatic amines is 1. The highest BCUT2D eigenvalue weighted by Gasteiger charge is 2.16. The third kappa shape index (κ3) is 2.97. The summed E-state index contributed by atoms with van der Waals surface area (Å²) in [6.07, 6.45) is 2.45. The van der Waals surface area contributed by atoms with Crippen LogP contribution in [0.2, 0.25) is 0 Å². The number of hydrogen-bond acceptors (Lipinski definition) is 4. The van der Waals surface area contributed by atoms with Crippen molar-refractivity contribution in [3.05, 3.63) is 51.9 Å². The summed E-state index contributed by atoms with van der Waals surface area (Å²) in [5, 5.41) is 16.0. The van der Waals surface area contributed by atoms with E-state index in [1.807, 2.05) is 24.3 Å². The Balaban J connectivity index is 2.14. The lowest BCUT2D eigenvalue weighted by atomic mass is 10.0. The van der Waals surface area contributed by atoms with Gasteiger partial charge < -0.3 is 10.7 Å². The number of nitrogens with one attached hydrogen (secondary N) is 4. The second kappa shape index (κ2) is 6.83. The van der Waals surface area contributed by atoms with Crippen molar-refractivity contribution in [2.75, 3.05) is 12.4 Å². The minimum absolute atomic E-state index is 0.204. The first-order valence-electron chi connectivity index (χ1n) is 8.19. The third-order valence-electron chi connectivity index (χ3n) is 4.19. The van der Waals surface area contributed by atoms with Crippen LogP contribution >= 0.6 is 0 Å². The van der Waals surface area contributed by atoms with E-state index in [0.29, 0.717) is 28.1 Å². The molecule has 8 nitrogen and oxygen atoms in total. The molecule has 0 saturated carbocycles. The lowest BCUT2D eigenvalue weighted by molar-refractivity contribution is 0.254. The van der Waals surface area contributed by atoms with Crippen LogP contribution in [0.1, 0.15) is 30.9 Å². The van der Waals surface area contributed by atoms with Crippen molar-refractivity contribution in [3.8, 4) is 5.69 Å². The maximum absolute atomic E-state index is 12.7. The zero-order chi connectivity index (χ0) is 18.8. The van der Waals surface area contributed by atoms with Crippen LogP contribution in [0.15, 0.2) is 35.3 Å². The number of carbonyl (C=O) groups excluding carboxylic acids is 1. The Labute approximate surface area is 149 Å². The quantitative estimate of drug-likeness (QED) is 0.541. The summed E-state index contributed by atoms with van der Waals surface area (Å²) in [7, 11) is 1.48. The number of nitrogens with zero attached hydrogens (tertiary/aromatic N) is 2. The standard InChI is InChI=1S/C18H20N6O2/c1-10(2)11-4-6-12(7-5-11)24-17(25)14-9-21-16(22-18(26)20-3)13(8-19)15(14)23-24/h4-10,19,23H,1-3H3,(H2,20,21,22,26). The Hall–Kier alpha value is -3.42. The fourth-order valence-electron chi connectivity index (χ4n) is 2.69. The molecule has 0 radical (unpaired) electrons. The van der Waals surface area contributed by atoms with Gasteiger partial charge >= 0.3 is 6.03 Å². The molecule has 2 amide bonds. The molecule has 0 saturated heterocycles. The van der Waals surface area contributed by atoms with E-state index in [0.717, 1.165) is 6.21 Å². The lowest BCUT2D eigenvalue weighted by Crippen LogP contribution is -2.25. The maximum Gasteiger partial charge on any atom is 0.320 e. The van der Waals surface area contributed by atoms with Gasteiger partial charge in [0.15, 0.2) is 0 Å². The van der Waals surface area contributed by atoms with Gasteiger partial charge in [-0.15, -0.1) is 0 Å². The van der Waals surface area contributed by atoms with Crippen LogP contribution in [0.5, 0.6) is 0 Å². The van der Waals surface area contributed by atoms with Gasteiger partial charge in [-0.1, -0.05) is 26.0 Å². The van der Waals surface area contributed by atoms with Gasteiger partial charge in [0, 0.05) is 19.5 Å². The van der Waals surface area contributed by atoms with Gasteiger partial charge in [-0.25, -0.2) is 14.5 Å². The zero-order valence-electron chi connectivity index (χ0n) is 14.8. The van der Waals surface area contributed by atoms with Crippen LogP contribution in [-0.2, 0) is 0 Å². The van der Waals surface area contributed by atoms with E-state index in [9.17, 15) is 9.59 Å². The molecular weight excluding hydrogens is 332 g/mol. The first kappa shape index (κ1) is 17.4. The van der Waals surface area contributed by atoms with E-state index < -0.39 is 6.03 Å². The highest BCUT2D eigenvalue weighted by atomic mass is 16.2. The van der Waals surface area contributed by atoms with Crippen molar-refractivity contribution < 1.29 is 4.79 Å². The monoisotopic (exact) mass is 352 g/mol. The summed E-state index contributed by atoms with van der Waals surface area (Å²) in [4.78, 5) is 28.4. The van der Waals surface area contributed by atoms with Crippen LogP contribution in [0.4, 0.5) is 10.6 Å². The first-order valence-corrected chi connectivity index (χ1v) is 8.19. The molecule has 26 heavy (non-hydrogen) atoms. The van der Waals surface area contributed by atoms with Gasteiger partial charge in [0.2, 0.25) is 0 Å². The molecule has 0 fully saturated rings. The Morgan fingerprint density at radius 3 is 2.58 bits per heavy atom. The molecule has 2 heterocycles. The fraction of sp³-hybridized carbons (Fsp3) is 0.222. The summed E-state index contributed by atoms with van der Waals surface area (Å²) in [5.74, 6) is 0.603. The SMILES string of the molecule is CNC(=O)Nc1ncc2c(=O)n(-c3ccc(C(C)C)cc3)[nH]c2c1C=N. The number of H-pyrrole nitrogens is 1. The van der Waals surface area contributed by atoms with Gasteiger partial charge in [0.1, 0.15) is 5.82 Å². The molecule has 0 unspecified atom stereocenters. The lowest BCUT2D eigenvalue weighted by Gasteiger charge is -2.07. The number of pyridine rings is 1. The van der Waals surface area contributed by atoms with Crippen molar-refractivity contribution >= 4 is 29.0 Å². The van der Waals surface area contributed by atoms with Crippen LogP contribution < -0.4 is 16.2 Å². The number of hydrogen-bond donors (Lipinski definition) is 4. The second-order valence-corrected chi connectivity index (χ2v) is 6.16. The highest BCUT2D eigenvalue weighted by molar-refractivity contribution is 6.04. The number of anilines is 1. The van der Waals surface area contributed by atoms with Gasteiger partial charge in [-0.3, -0.25) is 15.2 Å². The number of fused-ring (bicyclic) bond motifs is 1. The first-order chi connectivity index (χ1) is 12.5. The number of amides is 2. The topological polar surface area (TPSA) is 116 Å². The normalized spacial score (nSPS) is 10.9. The smallest absolute Gasteiger partial charge is 0.320 e. The largest absolute Gasteiger partial charge is 0.341 e. The predicted octanol–water partition coefficient (Wildman–Crippen LogP) is 2.59. The van der Waals surface area contributed by atoms with E-state index in [1.165, 1.54) is 23.5 Å². The van der Waals surface area contributed by atoms with E-state index in [-0.39, 0.29) is 11.4 Å². The summed E-state index contributed by atoms with van der Waals surface area (Å²) < 4.78 is 1.41. The molecule has 0 aliphatic carbocycles. The summed E-state index contributed by atoms with van der Waals surface area (Å²) in [6, 6.07) is 7.24. The molecular formula is C18H20N6O2. The van der Waals surface area contributed by atoms with Crippen molar-refractivity contribution in [3.63, 3.8) is 0 Å². The maximum atomic E-state index is 12.7. The van der Waals surface area contributed by atoms with Crippen LogP contribution in [0.25, 0.3) is 16.6 Å². The van der Waals surface area contributed by atoms with Crippen LogP contribution in [0.3, 0.4) is 0 Å². The Bertz CT molecular complexity index is 1030. The number of benzene rings is 1. The second-order valence-electron chi connectivity index (χ2n) is 6.16. The molecule has 1 aromatic carbocycles. The molecule has 134 valence electrons. The molecule has 0 spiro atoms. The van der Waals surface area contributed by atoms with Crippen molar-refractivity contribution in [1.29, 1.82) is 5.41 Å². The molecule has 4 N–H and O–H groups in total. The van der Waals surface area contributed by atoms with E-state index in [2.05, 4.69) is 34.6 Å². The van der Waals surface area contributed by atoms with E-state index in [1.54, 1.807) is 0 Å². The van der Waals surface area contributed by atoms with Gasteiger partial charge in [-0.2, -0.15) is 0 Å². The molecule has 2 aromatic heterocycles. The van der Waals surface area contributed by atoms with Crippen molar-refractivity contribution in [2.45, 2.75) is 19.8 Å². The predicted molar refractivity (Wildman–Crippen MR) is 102 cm³/mol. The molecule has 0 bridgehead atoms. The van der Waals surface area contributed by atoms with Crippen molar-refractivity contribution in [2.24, 2.45) is 0 Å². The minimum atomic E-state index is -0.453. The van der Waals surface area contributed by atoms with Crippen molar-refractivity contribution in [1.82, 2.24) is 20.1 Å². The van der Waals surface area contributed by atoms with Gasteiger partial charge in [0.05, 0.1) is 22.2 Å². The molecule has 0 aliphatic heterocycles. The Morgan fingerprint density at radius 1 is 1.31 bits per heavy atom. The molecule has 0 atom stereocenters. The molecule has 0 aliphatic rings. The molecule has 3 rings (SSSR count). The summed E-state index contributed by atoms with van der Waals surface area (Å²) >= 11 is 0. The van der Waals surface area contributed by atoms with E-state index in [4.69, 9.17) is 5.41 Å². The minimum Gasteiger partial charge on any atom is -0.341 e. The Morgan fingerprint density at radius 2 is 2.00 bits per heavy atom. The van der Waals surface area contributed by atoms with Crippen LogP contribution in [-0.4, -0.2) is 34.1 Å². The van der Waals surface area contributed by atoms with Gasteiger partial charge in [-0.05, 0) is 23.6 Å². The number of urea groups is 1. The number of aromatic nitrogens is 3. The zero-order valence-corrected chi connectivity index (χ0v) is 14.8.